The van der Waals surface area contributed by atoms with Crippen LogP contribution in [0.3, 0.4) is 0 Å². The van der Waals surface area contributed by atoms with Crippen LogP contribution in [0.4, 0.5) is 5.69 Å². The molecule has 1 fully saturated rings. The molecule has 1 aromatic rings. The molecule has 1 heterocycles. The minimum atomic E-state index is -0.390. The van der Waals surface area contributed by atoms with Crippen molar-refractivity contribution in [3.63, 3.8) is 0 Å². The van der Waals surface area contributed by atoms with E-state index in [2.05, 4.69) is 0 Å². The van der Waals surface area contributed by atoms with E-state index in [9.17, 15) is 9.59 Å². The van der Waals surface area contributed by atoms with Crippen LogP contribution >= 0.6 is 23.4 Å². The molecule has 1 atom stereocenters. The van der Waals surface area contributed by atoms with E-state index < -0.39 is 5.25 Å². The molecule has 2 amide bonds. The molecule has 0 spiro atoms. The Balaban J connectivity index is 2.16. The van der Waals surface area contributed by atoms with Gasteiger partial charge in [-0.1, -0.05) is 11.6 Å². The Hall–Kier alpha value is -1.20. The van der Waals surface area contributed by atoms with Crippen LogP contribution in [0.2, 0.25) is 5.02 Å². The van der Waals surface area contributed by atoms with Crippen LogP contribution in [-0.4, -0.2) is 28.0 Å². The Morgan fingerprint density at radius 2 is 2.11 bits per heavy atom. The highest BCUT2D eigenvalue weighted by molar-refractivity contribution is 8.00. The van der Waals surface area contributed by atoms with Crippen LogP contribution in [0.1, 0.15) is 20.3 Å². The topological polar surface area (TPSA) is 63.4 Å². The number of rotatable bonds is 3. The summed E-state index contributed by atoms with van der Waals surface area (Å²) in [5, 5.41) is 0.165. The molecular formula is C13H15ClN2O2S. The standard InChI is InChI=1S/C13H15ClN2O2S/c1-7(2)16-12(17)6-11(13(16)18)19-10-4-3-8(14)5-9(10)15/h3-5,7,11H,6,15H2,1-2H3. The molecule has 2 rings (SSSR count). The first-order valence-corrected chi connectivity index (χ1v) is 7.23. The molecule has 0 saturated carbocycles. The van der Waals surface area contributed by atoms with Gasteiger partial charge in [-0.3, -0.25) is 14.5 Å². The van der Waals surface area contributed by atoms with Crippen molar-refractivity contribution in [3.05, 3.63) is 23.2 Å². The Morgan fingerprint density at radius 1 is 1.42 bits per heavy atom. The van der Waals surface area contributed by atoms with Crippen LogP contribution in [0.25, 0.3) is 0 Å². The van der Waals surface area contributed by atoms with Gasteiger partial charge in [0, 0.05) is 28.1 Å². The number of nitrogens with zero attached hydrogens (tertiary/aromatic N) is 1. The second-order valence-electron chi connectivity index (χ2n) is 4.69. The van der Waals surface area contributed by atoms with Crippen molar-refractivity contribution in [2.45, 2.75) is 36.5 Å². The van der Waals surface area contributed by atoms with Gasteiger partial charge in [-0.05, 0) is 32.0 Å². The number of thioether (sulfide) groups is 1. The highest BCUT2D eigenvalue weighted by Gasteiger charge is 2.40. The van der Waals surface area contributed by atoms with Crippen molar-refractivity contribution in [3.8, 4) is 0 Å². The summed E-state index contributed by atoms with van der Waals surface area (Å²) in [6.07, 6.45) is 0.226. The first-order chi connectivity index (χ1) is 8.90. The lowest BCUT2D eigenvalue weighted by Crippen LogP contribution is -2.37. The largest absolute Gasteiger partial charge is 0.398 e. The summed E-state index contributed by atoms with van der Waals surface area (Å²) in [4.78, 5) is 26.1. The van der Waals surface area contributed by atoms with Crippen molar-refractivity contribution in [2.24, 2.45) is 0 Å². The molecule has 1 aromatic carbocycles. The Bertz CT molecular complexity index is 533. The molecule has 19 heavy (non-hydrogen) atoms. The number of hydrogen-bond donors (Lipinski definition) is 1. The van der Waals surface area contributed by atoms with Gasteiger partial charge in [0.2, 0.25) is 11.8 Å². The van der Waals surface area contributed by atoms with E-state index in [0.29, 0.717) is 10.7 Å². The number of amides is 2. The Morgan fingerprint density at radius 3 is 2.63 bits per heavy atom. The van der Waals surface area contributed by atoms with Gasteiger partial charge in [-0.2, -0.15) is 0 Å². The number of carbonyl (C=O) groups is 2. The number of hydrogen-bond acceptors (Lipinski definition) is 4. The summed E-state index contributed by atoms with van der Waals surface area (Å²) < 4.78 is 0. The van der Waals surface area contributed by atoms with Gasteiger partial charge in [0.1, 0.15) is 0 Å². The SMILES string of the molecule is CC(C)N1C(=O)CC(Sc2ccc(Cl)cc2N)C1=O. The summed E-state index contributed by atoms with van der Waals surface area (Å²) in [6, 6.07) is 5.04. The first kappa shape index (κ1) is 14.2. The lowest BCUT2D eigenvalue weighted by atomic mass is 10.3. The Labute approximate surface area is 121 Å². The molecule has 0 bridgehead atoms. The fraction of sp³-hybridized carbons (Fsp3) is 0.385. The average molecular weight is 299 g/mol. The normalized spacial score (nSPS) is 19.6. The zero-order valence-corrected chi connectivity index (χ0v) is 12.3. The van der Waals surface area contributed by atoms with Gasteiger partial charge in [-0.15, -0.1) is 11.8 Å². The highest BCUT2D eigenvalue weighted by Crippen LogP contribution is 2.36. The minimum absolute atomic E-state index is 0.104. The van der Waals surface area contributed by atoms with Crippen LogP contribution in [-0.2, 0) is 9.59 Å². The van der Waals surface area contributed by atoms with E-state index in [0.717, 1.165) is 4.90 Å². The molecule has 102 valence electrons. The molecule has 0 radical (unpaired) electrons. The van der Waals surface area contributed by atoms with E-state index in [4.69, 9.17) is 17.3 Å². The predicted octanol–water partition coefficient (Wildman–Crippen LogP) is 2.55. The van der Waals surface area contributed by atoms with Gasteiger partial charge in [-0.25, -0.2) is 0 Å². The highest BCUT2D eigenvalue weighted by atomic mass is 35.5. The van der Waals surface area contributed by atoms with Crippen LogP contribution in [0.15, 0.2) is 23.1 Å². The second-order valence-corrected chi connectivity index (χ2v) is 6.37. The maximum Gasteiger partial charge on any atom is 0.243 e. The predicted molar refractivity (Wildman–Crippen MR) is 77.1 cm³/mol. The van der Waals surface area contributed by atoms with E-state index >= 15 is 0 Å². The van der Waals surface area contributed by atoms with Crippen LogP contribution in [0, 0.1) is 0 Å². The maximum atomic E-state index is 12.2. The number of nitrogen functional groups attached to an aromatic ring is 1. The molecule has 1 aliphatic heterocycles. The third-order valence-electron chi connectivity index (χ3n) is 2.90. The molecule has 1 unspecified atom stereocenters. The molecule has 2 N–H and O–H groups in total. The number of benzene rings is 1. The molecule has 1 saturated heterocycles. The van der Waals surface area contributed by atoms with E-state index in [1.807, 2.05) is 13.8 Å². The summed E-state index contributed by atoms with van der Waals surface area (Å²) in [7, 11) is 0. The zero-order valence-electron chi connectivity index (χ0n) is 10.7. The fourth-order valence-electron chi connectivity index (χ4n) is 2.04. The number of nitrogens with two attached hydrogens (primary N) is 1. The quantitative estimate of drug-likeness (QED) is 0.688. The lowest BCUT2D eigenvalue weighted by Gasteiger charge is -2.18. The van der Waals surface area contributed by atoms with E-state index in [1.54, 1.807) is 18.2 Å². The van der Waals surface area contributed by atoms with Gasteiger partial charge >= 0.3 is 0 Å². The van der Waals surface area contributed by atoms with Crippen molar-refractivity contribution in [1.82, 2.24) is 4.90 Å². The molecule has 4 nitrogen and oxygen atoms in total. The Kier molecular flexibility index (Phi) is 4.06. The summed E-state index contributed by atoms with van der Waals surface area (Å²) in [5.74, 6) is -0.260. The van der Waals surface area contributed by atoms with E-state index in [-0.39, 0.29) is 24.3 Å². The molecular weight excluding hydrogens is 284 g/mol. The summed E-state index contributed by atoms with van der Waals surface area (Å²) in [5.41, 5.74) is 6.39. The molecule has 1 aliphatic rings. The van der Waals surface area contributed by atoms with Crippen molar-refractivity contribution >= 4 is 40.9 Å². The van der Waals surface area contributed by atoms with Gasteiger partial charge < -0.3 is 5.73 Å². The average Bonchev–Trinajstić information content (AvgIpc) is 2.58. The van der Waals surface area contributed by atoms with Gasteiger partial charge in [0.25, 0.3) is 0 Å². The smallest absolute Gasteiger partial charge is 0.243 e. The maximum absolute atomic E-state index is 12.2. The third-order valence-corrected chi connectivity index (χ3v) is 4.41. The summed E-state index contributed by atoms with van der Waals surface area (Å²) >= 11 is 7.16. The third kappa shape index (κ3) is 2.87. The van der Waals surface area contributed by atoms with Gasteiger partial charge in [0.05, 0.1) is 5.25 Å². The molecule has 6 heteroatoms. The van der Waals surface area contributed by atoms with Crippen molar-refractivity contribution in [2.75, 3.05) is 5.73 Å². The second kappa shape index (κ2) is 5.43. The zero-order chi connectivity index (χ0) is 14.2. The van der Waals surface area contributed by atoms with Crippen molar-refractivity contribution < 1.29 is 9.59 Å². The number of halogens is 1. The molecule has 0 aromatic heterocycles. The summed E-state index contributed by atoms with van der Waals surface area (Å²) in [6.45, 7) is 3.67. The van der Waals surface area contributed by atoms with Crippen LogP contribution in [0.5, 0.6) is 0 Å². The van der Waals surface area contributed by atoms with Crippen molar-refractivity contribution in [1.29, 1.82) is 0 Å². The van der Waals surface area contributed by atoms with Crippen LogP contribution < -0.4 is 5.73 Å². The monoisotopic (exact) mass is 298 g/mol. The number of likely N-dealkylation sites (tertiary alicyclic amines) is 1. The first-order valence-electron chi connectivity index (χ1n) is 5.97. The van der Waals surface area contributed by atoms with Gasteiger partial charge in [0.15, 0.2) is 0 Å². The number of carbonyl (C=O) groups excluding carboxylic acids is 2. The lowest BCUT2D eigenvalue weighted by molar-refractivity contribution is -0.140. The van der Waals surface area contributed by atoms with E-state index in [1.165, 1.54) is 16.7 Å². The fourth-order valence-corrected chi connectivity index (χ4v) is 3.31. The minimum Gasteiger partial charge on any atom is -0.398 e. The molecule has 0 aliphatic carbocycles. The number of imide groups is 1. The number of anilines is 1.